The van der Waals surface area contributed by atoms with Crippen LogP contribution in [0.5, 0.6) is 0 Å². The summed E-state index contributed by atoms with van der Waals surface area (Å²) in [5.74, 6) is -0.245. The zero-order chi connectivity index (χ0) is 14.3. The fraction of sp³-hybridized carbons (Fsp3) is 0.429. The Morgan fingerprint density at radius 2 is 1.79 bits per heavy atom. The van der Waals surface area contributed by atoms with E-state index in [-0.39, 0.29) is 18.0 Å². The number of rotatable bonds is 5. The number of amides is 3. The molecule has 19 heavy (non-hydrogen) atoms. The van der Waals surface area contributed by atoms with Crippen LogP contribution in [0.25, 0.3) is 0 Å². The monoisotopic (exact) mass is 263 g/mol. The molecule has 5 nitrogen and oxygen atoms in total. The summed E-state index contributed by atoms with van der Waals surface area (Å²) in [4.78, 5) is 23.7. The molecule has 0 aromatic heterocycles. The average molecular weight is 263 g/mol. The first-order valence-corrected chi connectivity index (χ1v) is 6.42. The molecule has 1 aromatic rings. The third-order valence-electron chi connectivity index (χ3n) is 2.91. The first kappa shape index (κ1) is 15.0. The molecule has 0 aliphatic rings. The van der Waals surface area contributed by atoms with Crippen molar-refractivity contribution in [1.29, 1.82) is 0 Å². The average Bonchev–Trinajstić information content (AvgIpc) is 2.44. The molecule has 0 saturated heterocycles. The van der Waals surface area contributed by atoms with Gasteiger partial charge in [0.05, 0.1) is 0 Å². The minimum absolute atomic E-state index is 0.0705. The number of hydrogen-bond acceptors (Lipinski definition) is 2. The zero-order valence-electron chi connectivity index (χ0n) is 11.6. The van der Waals surface area contributed by atoms with Crippen LogP contribution < -0.4 is 16.0 Å². The van der Waals surface area contributed by atoms with Gasteiger partial charge in [0.15, 0.2) is 0 Å². The SMILES string of the molecule is CC[C@H](C)NC(=O)N[C@H](C(=O)NC)c1ccccc1. The normalized spacial score (nSPS) is 13.2. The fourth-order valence-corrected chi connectivity index (χ4v) is 1.59. The Morgan fingerprint density at radius 1 is 1.16 bits per heavy atom. The van der Waals surface area contributed by atoms with Crippen molar-refractivity contribution in [2.45, 2.75) is 32.4 Å². The molecule has 0 aliphatic heterocycles. The Bertz CT molecular complexity index is 420. The molecule has 3 N–H and O–H groups in total. The van der Waals surface area contributed by atoms with Gasteiger partial charge in [-0.15, -0.1) is 0 Å². The Kier molecular flexibility index (Phi) is 5.85. The van der Waals surface area contributed by atoms with E-state index in [9.17, 15) is 9.59 Å². The van der Waals surface area contributed by atoms with Gasteiger partial charge < -0.3 is 16.0 Å². The lowest BCUT2D eigenvalue weighted by atomic mass is 10.1. The molecule has 1 aromatic carbocycles. The second-order valence-electron chi connectivity index (χ2n) is 4.39. The van der Waals surface area contributed by atoms with Crippen LogP contribution in [0.3, 0.4) is 0 Å². The Balaban J connectivity index is 2.77. The summed E-state index contributed by atoms with van der Waals surface area (Å²) in [6, 6.07) is 8.19. The summed E-state index contributed by atoms with van der Waals surface area (Å²) in [5.41, 5.74) is 0.751. The van der Waals surface area contributed by atoms with Gasteiger partial charge in [0.25, 0.3) is 0 Å². The molecule has 1 rings (SSSR count). The van der Waals surface area contributed by atoms with E-state index in [0.29, 0.717) is 0 Å². The highest BCUT2D eigenvalue weighted by molar-refractivity contribution is 5.88. The van der Waals surface area contributed by atoms with E-state index in [4.69, 9.17) is 0 Å². The largest absolute Gasteiger partial charge is 0.357 e. The summed E-state index contributed by atoms with van der Waals surface area (Å²) in [6.45, 7) is 3.90. The van der Waals surface area contributed by atoms with Crippen molar-refractivity contribution >= 4 is 11.9 Å². The van der Waals surface area contributed by atoms with Crippen molar-refractivity contribution in [3.63, 3.8) is 0 Å². The van der Waals surface area contributed by atoms with Crippen molar-refractivity contribution in [2.75, 3.05) is 7.05 Å². The Morgan fingerprint density at radius 3 is 2.32 bits per heavy atom. The van der Waals surface area contributed by atoms with Gasteiger partial charge in [-0.2, -0.15) is 0 Å². The van der Waals surface area contributed by atoms with E-state index in [2.05, 4.69) is 16.0 Å². The molecular formula is C14H21N3O2. The lowest BCUT2D eigenvalue weighted by molar-refractivity contribution is -0.122. The predicted molar refractivity (Wildman–Crippen MR) is 74.7 cm³/mol. The smallest absolute Gasteiger partial charge is 0.315 e. The first-order valence-electron chi connectivity index (χ1n) is 6.42. The molecule has 2 atom stereocenters. The van der Waals surface area contributed by atoms with Gasteiger partial charge in [0, 0.05) is 13.1 Å². The molecule has 0 radical (unpaired) electrons. The van der Waals surface area contributed by atoms with Gasteiger partial charge in [-0.1, -0.05) is 37.3 Å². The summed E-state index contributed by atoms with van der Waals surface area (Å²) in [7, 11) is 1.55. The van der Waals surface area contributed by atoms with Crippen LogP contribution in [0.15, 0.2) is 30.3 Å². The maximum Gasteiger partial charge on any atom is 0.315 e. The maximum absolute atomic E-state index is 11.8. The highest BCUT2D eigenvalue weighted by atomic mass is 16.2. The summed E-state index contributed by atoms with van der Waals surface area (Å²) in [6.07, 6.45) is 0.837. The van der Waals surface area contributed by atoms with E-state index in [1.165, 1.54) is 0 Å². The van der Waals surface area contributed by atoms with Gasteiger partial charge in [0.2, 0.25) is 5.91 Å². The predicted octanol–water partition coefficient (Wildman–Crippen LogP) is 1.57. The first-order chi connectivity index (χ1) is 9.08. The van der Waals surface area contributed by atoms with Gasteiger partial charge in [0.1, 0.15) is 6.04 Å². The maximum atomic E-state index is 11.8. The van der Waals surface area contributed by atoms with Gasteiger partial charge in [-0.25, -0.2) is 4.79 Å². The number of urea groups is 1. The molecule has 0 aliphatic carbocycles. The van der Waals surface area contributed by atoms with E-state index >= 15 is 0 Å². The van der Waals surface area contributed by atoms with Crippen molar-refractivity contribution in [3.05, 3.63) is 35.9 Å². The van der Waals surface area contributed by atoms with E-state index in [1.807, 2.05) is 44.2 Å². The number of nitrogens with one attached hydrogen (secondary N) is 3. The van der Waals surface area contributed by atoms with Crippen molar-refractivity contribution in [2.24, 2.45) is 0 Å². The van der Waals surface area contributed by atoms with Gasteiger partial charge in [-0.3, -0.25) is 4.79 Å². The number of hydrogen-bond donors (Lipinski definition) is 3. The van der Waals surface area contributed by atoms with Gasteiger partial charge >= 0.3 is 6.03 Å². The van der Waals surface area contributed by atoms with E-state index in [1.54, 1.807) is 7.05 Å². The zero-order valence-corrected chi connectivity index (χ0v) is 11.6. The summed E-state index contributed by atoms with van der Waals surface area (Å²) >= 11 is 0. The number of likely N-dealkylation sites (N-methyl/N-ethyl adjacent to an activating group) is 1. The molecule has 0 saturated carbocycles. The second-order valence-corrected chi connectivity index (χ2v) is 4.39. The third kappa shape index (κ3) is 4.62. The fourth-order valence-electron chi connectivity index (χ4n) is 1.59. The highest BCUT2D eigenvalue weighted by Gasteiger charge is 2.21. The minimum atomic E-state index is -0.685. The Hall–Kier alpha value is -2.04. The van der Waals surface area contributed by atoms with Crippen molar-refractivity contribution in [3.8, 4) is 0 Å². The number of carbonyl (C=O) groups excluding carboxylic acids is 2. The van der Waals surface area contributed by atoms with Gasteiger partial charge in [-0.05, 0) is 18.9 Å². The topological polar surface area (TPSA) is 70.2 Å². The number of benzene rings is 1. The highest BCUT2D eigenvalue weighted by Crippen LogP contribution is 2.12. The molecule has 104 valence electrons. The minimum Gasteiger partial charge on any atom is -0.357 e. The molecule has 0 bridgehead atoms. The molecule has 0 spiro atoms. The molecule has 0 fully saturated rings. The van der Waals surface area contributed by atoms with Crippen LogP contribution in [0.4, 0.5) is 4.79 Å². The molecular weight excluding hydrogens is 242 g/mol. The van der Waals surface area contributed by atoms with Crippen LogP contribution in [0.2, 0.25) is 0 Å². The van der Waals surface area contributed by atoms with Crippen LogP contribution in [0, 0.1) is 0 Å². The molecule has 3 amide bonds. The van der Waals surface area contributed by atoms with Crippen LogP contribution >= 0.6 is 0 Å². The molecule has 5 heteroatoms. The van der Waals surface area contributed by atoms with Crippen molar-refractivity contribution in [1.82, 2.24) is 16.0 Å². The molecule has 0 unspecified atom stereocenters. The number of carbonyl (C=O) groups is 2. The van der Waals surface area contributed by atoms with Crippen molar-refractivity contribution < 1.29 is 9.59 Å². The van der Waals surface area contributed by atoms with Crippen LogP contribution in [-0.4, -0.2) is 25.0 Å². The molecule has 0 heterocycles. The lowest BCUT2D eigenvalue weighted by Gasteiger charge is -2.19. The summed E-state index contributed by atoms with van der Waals surface area (Å²) < 4.78 is 0. The van der Waals surface area contributed by atoms with E-state index in [0.717, 1.165) is 12.0 Å². The lowest BCUT2D eigenvalue weighted by Crippen LogP contribution is -2.46. The third-order valence-corrected chi connectivity index (χ3v) is 2.91. The second kappa shape index (κ2) is 7.41. The quantitative estimate of drug-likeness (QED) is 0.754. The Labute approximate surface area is 113 Å². The van der Waals surface area contributed by atoms with E-state index < -0.39 is 6.04 Å². The standard InChI is InChI=1S/C14H21N3O2/c1-4-10(2)16-14(19)17-12(13(18)15-3)11-8-6-5-7-9-11/h5-10,12H,4H2,1-3H3,(H,15,18)(H2,16,17,19)/t10-,12-/m0/s1. The van der Waals surface area contributed by atoms with Crippen LogP contribution in [-0.2, 0) is 4.79 Å². The van der Waals surface area contributed by atoms with Crippen LogP contribution in [0.1, 0.15) is 31.9 Å². The summed E-state index contributed by atoms with van der Waals surface area (Å²) in [5, 5.41) is 8.02.